The molecule has 0 atom stereocenters. The van der Waals surface area contributed by atoms with Gasteiger partial charge in [-0.1, -0.05) is 36.4 Å². The Kier molecular flexibility index (Phi) is 6.02. The highest BCUT2D eigenvalue weighted by molar-refractivity contribution is 5.90. The summed E-state index contributed by atoms with van der Waals surface area (Å²) >= 11 is 0. The lowest BCUT2D eigenvalue weighted by Crippen LogP contribution is -2.49. The van der Waals surface area contributed by atoms with E-state index in [0.717, 1.165) is 43.1 Å². The summed E-state index contributed by atoms with van der Waals surface area (Å²) in [5.41, 5.74) is 2.96. The van der Waals surface area contributed by atoms with Crippen LogP contribution in [0, 0.1) is 0 Å². The number of rotatable bonds is 5. The third kappa shape index (κ3) is 4.26. The fourth-order valence-electron chi connectivity index (χ4n) is 4.51. The van der Waals surface area contributed by atoms with Crippen molar-refractivity contribution in [1.82, 2.24) is 19.9 Å². The third-order valence-electron chi connectivity index (χ3n) is 6.45. The van der Waals surface area contributed by atoms with E-state index in [1.54, 1.807) is 7.11 Å². The molecule has 7 nitrogen and oxygen atoms in total. The summed E-state index contributed by atoms with van der Waals surface area (Å²) in [5.74, 6) is 1.85. The maximum absolute atomic E-state index is 13.1. The lowest BCUT2D eigenvalue weighted by Gasteiger charge is -2.37. The molecule has 174 valence electrons. The van der Waals surface area contributed by atoms with E-state index in [0.29, 0.717) is 34.2 Å². The molecule has 0 spiro atoms. The Morgan fingerprint density at radius 3 is 2.38 bits per heavy atom. The number of nitrogens with one attached hydrogen (secondary N) is 1. The second-order valence-electron chi connectivity index (χ2n) is 8.85. The van der Waals surface area contributed by atoms with Crippen molar-refractivity contribution < 1.29 is 4.74 Å². The Hall–Kier alpha value is -3.71. The molecule has 1 aliphatic heterocycles. The maximum Gasteiger partial charge on any atom is 0.262 e. The van der Waals surface area contributed by atoms with Gasteiger partial charge in [0.1, 0.15) is 22.6 Å². The van der Waals surface area contributed by atoms with Crippen molar-refractivity contribution in [2.45, 2.75) is 19.9 Å². The largest absolute Gasteiger partial charge is 0.496 e. The summed E-state index contributed by atoms with van der Waals surface area (Å²) in [6, 6.07) is 20.2. The van der Waals surface area contributed by atoms with Gasteiger partial charge < -0.3 is 14.6 Å². The number of H-pyrrole nitrogens is 1. The smallest absolute Gasteiger partial charge is 0.262 e. The fourth-order valence-corrected chi connectivity index (χ4v) is 4.51. The SMILES string of the molecule is COc1cc(-c2ccccc2)cc2nc(-c3cccc(N4CCN(C(C)C)CC4)n3)[nH]c(=O)c12. The first-order valence-electron chi connectivity index (χ1n) is 11.7. The van der Waals surface area contributed by atoms with Gasteiger partial charge in [0.25, 0.3) is 5.56 Å². The molecule has 7 heteroatoms. The van der Waals surface area contributed by atoms with Gasteiger partial charge in [0.2, 0.25) is 0 Å². The summed E-state index contributed by atoms with van der Waals surface area (Å²) in [5, 5.41) is 0.437. The number of aromatic nitrogens is 3. The monoisotopic (exact) mass is 455 g/mol. The number of anilines is 1. The second-order valence-corrected chi connectivity index (χ2v) is 8.85. The summed E-state index contributed by atoms with van der Waals surface area (Å²) in [4.78, 5) is 30.4. The quantitative estimate of drug-likeness (QED) is 0.486. The number of ether oxygens (including phenoxy) is 1. The van der Waals surface area contributed by atoms with Crippen LogP contribution in [0.5, 0.6) is 5.75 Å². The van der Waals surface area contributed by atoms with E-state index < -0.39 is 0 Å². The fraction of sp³-hybridized carbons (Fsp3) is 0.296. The Balaban J connectivity index is 1.53. The number of aromatic amines is 1. The van der Waals surface area contributed by atoms with Crippen LogP contribution in [-0.4, -0.2) is 59.2 Å². The van der Waals surface area contributed by atoms with E-state index in [9.17, 15) is 4.79 Å². The number of piperazine rings is 1. The average molecular weight is 456 g/mol. The molecule has 1 fully saturated rings. The summed E-state index contributed by atoms with van der Waals surface area (Å²) in [7, 11) is 1.57. The lowest BCUT2D eigenvalue weighted by atomic mass is 10.0. The molecule has 0 unspecified atom stereocenters. The topological polar surface area (TPSA) is 74.3 Å². The molecule has 3 heterocycles. The normalized spacial score (nSPS) is 14.6. The minimum atomic E-state index is -0.241. The standard InChI is InChI=1S/C27H29N5O2/c1-18(2)31-12-14-32(15-13-31)24-11-7-10-21(28-24)26-29-22-16-20(19-8-5-4-6-9-19)17-23(34-3)25(22)27(33)30-26/h4-11,16-18H,12-15H2,1-3H3,(H,29,30,33). The molecule has 2 aromatic carbocycles. The van der Waals surface area contributed by atoms with Crippen molar-refractivity contribution in [2.24, 2.45) is 0 Å². The molecule has 5 rings (SSSR count). The Labute approximate surface area is 199 Å². The predicted octanol–water partition coefficient (Wildman–Crippen LogP) is 4.19. The number of methoxy groups -OCH3 is 1. The first-order chi connectivity index (χ1) is 16.5. The number of benzene rings is 2. The highest BCUT2D eigenvalue weighted by Crippen LogP contribution is 2.30. The van der Waals surface area contributed by atoms with Gasteiger partial charge in [0.05, 0.1) is 12.6 Å². The molecule has 1 saturated heterocycles. The van der Waals surface area contributed by atoms with E-state index in [-0.39, 0.29) is 5.56 Å². The highest BCUT2D eigenvalue weighted by atomic mass is 16.5. The molecule has 0 bridgehead atoms. The predicted molar refractivity (Wildman–Crippen MR) is 137 cm³/mol. The first-order valence-corrected chi connectivity index (χ1v) is 11.7. The maximum atomic E-state index is 13.1. The van der Waals surface area contributed by atoms with Crippen LogP contribution in [0.3, 0.4) is 0 Å². The van der Waals surface area contributed by atoms with Crippen LogP contribution in [0.15, 0.2) is 65.5 Å². The molecule has 0 saturated carbocycles. The van der Waals surface area contributed by atoms with Crippen LogP contribution >= 0.6 is 0 Å². The molecule has 2 aromatic heterocycles. The van der Waals surface area contributed by atoms with Crippen molar-refractivity contribution >= 4 is 16.7 Å². The van der Waals surface area contributed by atoms with Gasteiger partial charge in [-0.25, -0.2) is 9.97 Å². The van der Waals surface area contributed by atoms with Crippen LogP contribution < -0.4 is 15.2 Å². The second kappa shape index (κ2) is 9.27. The zero-order valence-electron chi connectivity index (χ0n) is 19.8. The van der Waals surface area contributed by atoms with Crippen LogP contribution in [0.2, 0.25) is 0 Å². The zero-order valence-corrected chi connectivity index (χ0v) is 19.8. The van der Waals surface area contributed by atoms with Gasteiger partial charge in [-0.2, -0.15) is 0 Å². The number of hydrogen-bond acceptors (Lipinski definition) is 6. The van der Waals surface area contributed by atoms with Crippen molar-refractivity contribution in [3.63, 3.8) is 0 Å². The lowest BCUT2D eigenvalue weighted by molar-refractivity contribution is 0.209. The van der Waals surface area contributed by atoms with Gasteiger partial charge in [0.15, 0.2) is 5.82 Å². The van der Waals surface area contributed by atoms with Crippen molar-refractivity contribution in [3.8, 4) is 28.4 Å². The summed E-state index contributed by atoms with van der Waals surface area (Å²) in [6.45, 7) is 8.33. The molecular formula is C27H29N5O2. The highest BCUT2D eigenvalue weighted by Gasteiger charge is 2.20. The van der Waals surface area contributed by atoms with Gasteiger partial charge in [-0.15, -0.1) is 0 Å². The molecular weight excluding hydrogens is 426 g/mol. The minimum absolute atomic E-state index is 0.241. The number of fused-ring (bicyclic) bond motifs is 1. The van der Waals surface area contributed by atoms with Crippen LogP contribution in [0.1, 0.15) is 13.8 Å². The Morgan fingerprint density at radius 1 is 0.912 bits per heavy atom. The van der Waals surface area contributed by atoms with Gasteiger partial charge >= 0.3 is 0 Å². The van der Waals surface area contributed by atoms with Gasteiger partial charge in [-0.05, 0) is 49.2 Å². The van der Waals surface area contributed by atoms with E-state index in [1.807, 2.05) is 60.7 Å². The Bertz CT molecular complexity index is 1360. The molecule has 0 radical (unpaired) electrons. The van der Waals surface area contributed by atoms with Crippen LogP contribution in [0.25, 0.3) is 33.5 Å². The number of nitrogens with zero attached hydrogens (tertiary/aromatic N) is 4. The van der Waals surface area contributed by atoms with E-state index in [2.05, 4.69) is 28.6 Å². The van der Waals surface area contributed by atoms with Gasteiger partial charge in [0, 0.05) is 32.2 Å². The molecule has 1 aliphatic rings. The van der Waals surface area contributed by atoms with E-state index in [4.69, 9.17) is 14.7 Å². The van der Waals surface area contributed by atoms with E-state index >= 15 is 0 Å². The number of hydrogen-bond donors (Lipinski definition) is 1. The molecule has 34 heavy (non-hydrogen) atoms. The zero-order chi connectivity index (χ0) is 23.7. The minimum Gasteiger partial charge on any atom is -0.496 e. The average Bonchev–Trinajstić information content (AvgIpc) is 2.88. The van der Waals surface area contributed by atoms with Crippen molar-refractivity contribution in [2.75, 3.05) is 38.2 Å². The molecule has 0 aliphatic carbocycles. The summed E-state index contributed by atoms with van der Waals surface area (Å²) in [6.07, 6.45) is 0. The van der Waals surface area contributed by atoms with Crippen molar-refractivity contribution in [3.05, 3.63) is 71.0 Å². The molecule has 4 aromatic rings. The van der Waals surface area contributed by atoms with Gasteiger partial charge in [-0.3, -0.25) is 9.69 Å². The molecule has 1 N–H and O–H groups in total. The van der Waals surface area contributed by atoms with E-state index in [1.165, 1.54) is 0 Å². The van der Waals surface area contributed by atoms with Crippen LogP contribution in [-0.2, 0) is 0 Å². The molecule has 0 amide bonds. The number of pyridine rings is 1. The van der Waals surface area contributed by atoms with Crippen molar-refractivity contribution in [1.29, 1.82) is 0 Å². The van der Waals surface area contributed by atoms with Crippen LogP contribution in [0.4, 0.5) is 5.82 Å². The summed E-state index contributed by atoms with van der Waals surface area (Å²) < 4.78 is 5.55. The first kappa shape index (κ1) is 22.1. The third-order valence-corrected chi connectivity index (χ3v) is 6.45. The Morgan fingerprint density at radius 2 is 1.68 bits per heavy atom.